The molecule has 0 spiro atoms. The molecule has 1 fully saturated rings. The van der Waals surface area contributed by atoms with Gasteiger partial charge < -0.3 is 14.2 Å². The molecule has 0 atom stereocenters. The molecule has 1 amide bonds. The van der Waals surface area contributed by atoms with Crippen molar-refractivity contribution in [1.82, 2.24) is 4.90 Å². The maximum atomic E-state index is 12.3. The van der Waals surface area contributed by atoms with Crippen LogP contribution in [0.5, 0.6) is 17.2 Å². The molecule has 0 N–H and O–H groups in total. The van der Waals surface area contributed by atoms with E-state index in [4.69, 9.17) is 26.4 Å². The lowest BCUT2D eigenvalue weighted by Crippen LogP contribution is -2.27. The van der Waals surface area contributed by atoms with Crippen LogP contribution in [0.4, 0.5) is 0 Å². The molecule has 5 nitrogen and oxygen atoms in total. The summed E-state index contributed by atoms with van der Waals surface area (Å²) in [6, 6.07) is 15.2. The molecule has 152 valence electrons. The van der Waals surface area contributed by atoms with Crippen LogP contribution in [0.1, 0.15) is 18.9 Å². The first-order valence-electron chi connectivity index (χ1n) is 9.36. The number of para-hydroxylation sites is 2. The van der Waals surface area contributed by atoms with Gasteiger partial charge in [-0.25, -0.2) is 0 Å². The van der Waals surface area contributed by atoms with E-state index < -0.39 is 0 Å². The molecule has 2 aromatic carbocycles. The van der Waals surface area contributed by atoms with Crippen molar-refractivity contribution in [3.63, 3.8) is 0 Å². The van der Waals surface area contributed by atoms with E-state index >= 15 is 0 Å². The van der Waals surface area contributed by atoms with Crippen LogP contribution in [0.2, 0.25) is 0 Å². The van der Waals surface area contributed by atoms with Crippen LogP contribution in [0, 0.1) is 0 Å². The van der Waals surface area contributed by atoms with Crippen LogP contribution in [0.15, 0.2) is 53.4 Å². The van der Waals surface area contributed by atoms with Gasteiger partial charge in [0.1, 0.15) is 10.1 Å². The molecule has 0 unspecified atom stereocenters. The zero-order chi connectivity index (χ0) is 20.6. The normalized spacial score (nSPS) is 15.1. The number of rotatable bonds is 9. The number of hydrogen-bond donors (Lipinski definition) is 0. The summed E-state index contributed by atoms with van der Waals surface area (Å²) in [5.74, 6) is 2.15. The number of benzene rings is 2. The fraction of sp³-hybridized carbons (Fsp3) is 0.273. The zero-order valence-electron chi connectivity index (χ0n) is 16.4. The third-order valence-electron chi connectivity index (χ3n) is 4.23. The summed E-state index contributed by atoms with van der Waals surface area (Å²) < 4.78 is 17.4. The van der Waals surface area contributed by atoms with Crippen molar-refractivity contribution in [3.05, 3.63) is 59.0 Å². The molecule has 1 aliphatic heterocycles. The second-order valence-corrected chi connectivity index (χ2v) is 7.88. The van der Waals surface area contributed by atoms with Gasteiger partial charge in [-0.2, -0.15) is 0 Å². The van der Waals surface area contributed by atoms with E-state index in [2.05, 4.69) is 0 Å². The highest BCUT2D eigenvalue weighted by Crippen LogP contribution is 2.32. The number of methoxy groups -OCH3 is 1. The van der Waals surface area contributed by atoms with Crippen molar-refractivity contribution in [2.45, 2.75) is 13.3 Å². The standard InChI is InChI=1S/C22H23NO4S2/c1-3-23-21(24)20(29-22(23)28)15-16-8-6-9-17(14-16)26-12-7-13-27-19-11-5-4-10-18(19)25-2/h4-6,8-11,14-15H,3,7,12-13H2,1-2H3. The van der Waals surface area contributed by atoms with Crippen molar-refractivity contribution >= 4 is 40.3 Å². The van der Waals surface area contributed by atoms with Gasteiger partial charge >= 0.3 is 0 Å². The highest BCUT2D eigenvalue weighted by molar-refractivity contribution is 8.26. The number of hydrogen-bond acceptors (Lipinski definition) is 6. The van der Waals surface area contributed by atoms with Crippen LogP contribution >= 0.6 is 24.0 Å². The van der Waals surface area contributed by atoms with Gasteiger partial charge in [0.25, 0.3) is 5.91 Å². The number of thioether (sulfide) groups is 1. The molecule has 2 aromatic rings. The Hall–Kier alpha value is -2.51. The summed E-state index contributed by atoms with van der Waals surface area (Å²) in [6.45, 7) is 3.55. The molecule has 1 aliphatic rings. The molecule has 29 heavy (non-hydrogen) atoms. The SMILES string of the molecule is CCN1C(=O)C(=Cc2cccc(OCCCOc3ccccc3OC)c2)SC1=S. The number of carbonyl (C=O) groups excluding carboxylic acids is 1. The van der Waals surface area contributed by atoms with E-state index in [1.807, 2.05) is 61.5 Å². The fourth-order valence-corrected chi connectivity index (χ4v) is 4.17. The third-order valence-corrected chi connectivity index (χ3v) is 5.61. The predicted octanol–water partition coefficient (Wildman–Crippen LogP) is 4.76. The summed E-state index contributed by atoms with van der Waals surface area (Å²) >= 11 is 6.59. The summed E-state index contributed by atoms with van der Waals surface area (Å²) in [7, 11) is 1.62. The Kier molecular flexibility index (Phi) is 7.55. The van der Waals surface area contributed by atoms with Crippen LogP contribution in [0.3, 0.4) is 0 Å². The first-order valence-corrected chi connectivity index (χ1v) is 10.6. The number of thiocarbonyl (C=S) groups is 1. The minimum Gasteiger partial charge on any atom is -0.493 e. The van der Waals surface area contributed by atoms with Crippen molar-refractivity contribution in [3.8, 4) is 17.2 Å². The molecular formula is C22H23NO4S2. The number of carbonyl (C=O) groups is 1. The largest absolute Gasteiger partial charge is 0.493 e. The van der Waals surface area contributed by atoms with Crippen LogP contribution in [-0.4, -0.2) is 42.0 Å². The van der Waals surface area contributed by atoms with E-state index in [1.54, 1.807) is 12.0 Å². The molecule has 0 saturated carbocycles. The minimum absolute atomic E-state index is 0.0395. The molecular weight excluding hydrogens is 406 g/mol. The smallest absolute Gasteiger partial charge is 0.266 e. The molecule has 3 rings (SSSR count). The van der Waals surface area contributed by atoms with Gasteiger partial charge in [0.2, 0.25) is 0 Å². The van der Waals surface area contributed by atoms with Gasteiger partial charge in [-0.05, 0) is 42.8 Å². The highest BCUT2D eigenvalue weighted by Gasteiger charge is 2.30. The monoisotopic (exact) mass is 429 g/mol. The quantitative estimate of drug-likeness (QED) is 0.325. The third kappa shape index (κ3) is 5.52. The Labute approximate surface area is 180 Å². The Balaban J connectivity index is 1.51. The summed E-state index contributed by atoms with van der Waals surface area (Å²) in [6.07, 6.45) is 2.59. The van der Waals surface area contributed by atoms with Gasteiger partial charge in [0, 0.05) is 13.0 Å². The summed E-state index contributed by atoms with van der Waals surface area (Å²) in [4.78, 5) is 14.6. The van der Waals surface area contributed by atoms with E-state index in [9.17, 15) is 4.79 Å². The van der Waals surface area contributed by atoms with Gasteiger partial charge in [0.05, 0.1) is 25.2 Å². The second kappa shape index (κ2) is 10.3. The minimum atomic E-state index is -0.0395. The average Bonchev–Trinajstić information content (AvgIpc) is 3.00. The Morgan fingerprint density at radius 3 is 2.55 bits per heavy atom. The number of amides is 1. The molecule has 0 aliphatic carbocycles. The van der Waals surface area contributed by atoms with E-state index in [0.717, 1.165) is 29.2 Å². The van der Waals surface area contributed by atoms with Crippen molar-refractivity contribution < 1.29 is 19.0 Å². The van der Waals surface area contributed by atoms with Crippen molar-refractivity contribution in [2.75, 3.05) is 26.9 Å². The maximum absolute atomic E-state index is 12.3. The summed E-state index contributed by atoms with van der Waals surface area (Å²) in [5.41, 5.74) is 0.907. The maximum Gasteiger partial charge on any atom is 0.266 e. The number of likely N-dealkylation sites (N-methyl/N-ethyl adjacent to an activating group) is 1. The van der Waals surface area contributed by atoms with E-state index in [1.165, 1.54) is 11.8 Å². The first kappa shape index (κ1) is 21.2. The molecule has 0 radical (unpaired) electrons. The summed E-state index contributed by atoms with van der Waals surface area (Å²) in [5, 5.41) is 0. The Bertz CT molecular complexity index is 913. The zero-order valence-corrected chi connectivity index (χ0v) is 18.1. The Morgan fingerprint density at radius 1 is 1.07 bits per heavy atom. The van der Waals surface area contributed by atoms with Crippen LogP contribution in [-0.2, 0) is 4.79 Å². The first-order chi connectivity index (χ1) is 14.1. The van der Waals surface area contributed by atoms with E-state index in [-0.39, 0.29) is 5.91 Å². The van der Waals surface area contributed by atoms with Gasteiger partial charge in [-0.1, -0.05) is 48.2 Å². The second-order valence-electron chi connectivity index (χ2n) is 6.20. The fourth-order valence-electron chi connectivity index (χ4n) is 2.79. The number of nitrogens with zero attached hydrogens (tertiary/aromatic N) is 1. The Morgan fingerprint density at radius 2 is 1.83 bits per heavy atom. The highest BCUT2D eigenvalue weighted by atomic mass is 32.2. The van der Waals surface area contributed by atoms with Gasteiger partial charge in [-0.3, -0.25) is 9.69 Å². The number of ether oxygens (including phenoxy) is 3. The molecule has 7 heteroatoms. The van der Waals surface area contributed by atoms with Gasteiger partial charge in [0.15, 0.2) is 11.5 Å². The van der Waals surface area contributed by atoms with Crippen molar-refractivity contribution in [1.29, 1.82) is 0 Å². The molecule has 1 heterocycles. The topological polar surface area (TPSA) is 48.0 Å². The lowest BCUT2D eigenvalue weighted by atomic mass is 10.2. The lowest BCUT2D eigenvalue weighted by Gasteiger charge is -2.11. The van der Waals surface area contributed by atoms with Crippen LogP contribution in [0.25, 0.3) is 6.08 Å². The van der Waals surface area contributed by atoms with Crippen molar-refractivity contribution in [2.24, 2.45) is 0 Å². The molecule has 0 aromatic heterocycles. The van der Waals surface area contributed by atoms with Crippen LogP contribution < -0.4 is 14.2 Å². The van der Waals surface area contributed by atoms with Gasteiger partial charge in [-0.15, -0.1) is 0 Å². The van der Waals surface area contributed by atoms with E-state index in [0.29, 0.717) is 29.0 Å². The molecule has 0 bridgehead atoms. The molecule has 1 saturated heterocycles. The lowest BCUT2D eigenvalue weighted by molar-refractivity contribution is -0.121. The average molecular weight is 430 g/mol. The predicted molar refractivity (Wildman–Crippen MR) is 121 cm³/mol.